The van der Waals surface area contributed by atoms with Crippen molar-refractivity contribution in [2.24, 2.45) is 0 Å². The molecule has 110 valence electrons. The molecule has 1 spiro atoms. The van der Waals surface area contributed by atoms with Crippen LogP contribution < -0.4 is 5.32 Å². The van der Waals surface area contributed by atoms with Crippen molar-refractivity contribution >= 4 is 16.5 Å². The molecule has 1 saturated heterocycles. The van der Waals surface area contributed by atoms with Crippen molar-refractivity contribution in [1.29, 1.82) is 0 Å². The standard InChI is InChI=1S/C18H21NO2/c1-2-4-15-13-17(6-5-14(15)3-1)19-16-7-9-18(10-8-16)20-11-12-21-18/h1-6,13,16,19H,7-12H2. The van der Waals surface area contributed by atoms with Crippen LogP contribution in [0.4, 0.5) is 5.69 Å². The quantitative estimate of drug-likeness (QED) is 0.905. The molecule has 0 amide bonds. The van der Waals surface area contributed by atoms with E-state index < -0.39 is 0 Å². The van der Waals surface area contributed by atoms with E-state index in [1.54, 1.807) is 0 Å². The van der Waals surface area contributed by atoms with Crippen LogP contribution in [0.15, 0.2) is 42.5 Å². The van der Waals surface area contributed by atoms with E-state index in [-0.39, 0.29) is 5.79 Å². The van der Waals surface area contributed by atoms with Gasteiger partial charge in [0.2, 0.25) is 0 Å². The predicted molar refractivity (Wildman–Crippen MR) is 84.5 cm³/mol. The third-order valence-corrected chi connectivity index (χ3v) is 4.68. The Balaban J connectivity index is 1.43. The minimum absolute atomic E-state index is 0.262. The van der Waals surface area contributed by atoms with Crippen LogP contribution in [0, 0.1) is 0 Å². The smallest absolute Gasteiger partial charge is 0.168 e. The Morgan fingerprint density at radius 2 is 1.62 bits per heavy atom. The molecule has 1 aliphatic carbocycles. The van der Waals surface area contributed by atoms with Crippen molar-refractivity contribution in [2.75, 3.05) is 18.5 Å². The molecule has 2 fully saturated rings. The molecule has 0 bridgehead atoms. The largest absolute Gasteiger partial charge is 0.382 e. The van der Waals surface area contributed by atoms with Crippen molar-refractivity contribution in [3.05, 3.63) is 42.5 Å². The van der Waals surface area contributed by atoms with Crippen molar-refractivity contribution in [3.63, 3.8) is 0 Å². The second kappa shape index (κ2) is 5.32. The van der Waals surface area contributed by atoms with E-state index >= 15 is 0 Å². The summed E-state index contributed by atoms with van der Waals surface area (Å²) in [5.74, 6) is -0.262. The summed E-state index contributed by atoms with van der Waals surface area (Å²) in [4.78, 5) is 0. The number of hydrogen-bond donors (Lipinski definition) is 1. The third kappa shape index (κ3) is 2.63. The van der Waals surface area contributed by atoms with Gasteiger partial charge in [0.05, 0.1) is 13.2 Å². The summed E-state index contributed by atoms with van der Waals surface area (Å²) in [5, 5.41) is 6.25. The number of anilines is 1. The zero-order chi connectivity index (χ0) is 14.1. The molecule has 0 radical (unpaired) electrons. The first-order valence-corrected chi connectivity index (χ1v) is 7.86. The van der Waals surface area contributed by atoms with Gasteiger partial charge in [-0.05, 0) is 35.7 Å². The van der Waals surface area contributed by atoms with E-state index in [4.69, 9.17) is 9.47 Å². The zero-order valence-corrected chi connectivity index (χ0v) is 12.2. The summed E-state index contributed by atoms with van der Waals surface area (Å²) in [6, 6.07) is 15.6. The maximum Gasteiger partial charge on any atom is 0.168 e. The summed E-state index contributed by atoms with van der Waals surface area (Å²) in [6.07, 6.45) is 4.20. The molecule has 3 nitrogen and oxygen atoms in total. The van der Waals surface area contributed by atoms with E-state index in [0.717, 1.165) is 38.9 Å². The lowest BCUT2D eigenvalue weighted by atomic mass is 9.90. The SMILES string of the molecule is c1ccc2cc(NC3CCC4(CC3)OCCO4)ccc2c1. The van der Waals surface area contributed by atoms with Gasteiger partial charge < -0.3 is 14.8 Å². The summed E-state index contributed by atoms with van der Waals surface area (Å²) in [7, 11) is 0. The summed E-state index contributed by atoms with van der Waals surface area (Å²) < 4.78 is 11.6. The van der Waals surface area contributed by atoms with Crippen molar-refractivity contribution in [1.82, 2.24) is 0 Å². The summed E-state index contributed by atoms with van der Waals surface area (Å²) in [6.45, 7) is 1.51. The van der Waals surface area contributed by atoms with Gasteiger partial charge in [-0.25, -0.2) is 0 Å². The highest BCUT2D eigenvalue weighted by molar-refractivity contribution is 5.85. The lowest BCUT2D eigenvalue weighted by Gasteiger charge is -2.36. The Morgan fingerprint density at radius 3 is 2.38 bits per heavy atom. The first kappa shape index (κ1) is 13.1. The molecule has 0 unspecified atom stereocenters. The monoisotopic (exact) mass is 283 g/mol. The molecule has 1 heterocycles. The first-order valence-electron chi connectivity index (χ1n) is 7.86. The Kier molecular flexibility index (Phi) is 3.32. The van der Waals surface area contributed by atoms with Gasteiger partial charge in [0.15, 0.2) is 5.79 Å². The van der Waals surface area contributed by atoms with Gasteiger partial charge in [-0.15, -0.1) is 0 Å². The molecule has 2 aliphatic rings. The average molecular weight is 283 g/mol. The van der Waals surface area contributed by atoms with E-state index in [1.165, 1.54) is 16.5 Å². The molecular weight excluding hydrogens is 262 g/mol. The van der Waals surface area contributed by atoms with Crippen molar-refractivity contribution in [2.45, 2.75) is 37.5 Å². The van der Waals surface area contributed by atoms with Crippen LogP contribution in [-0.2, 0) is 9.47 Å². The molecule has 1 aliphatic heterocycles. The van der Waals surface area contributed by atoms with Crippen molar-refractivity contribution in [3.8, 4) is 0 Å². The Morgan fingerprint density at radius 1 is 0.905 bits per heavy atom. The highest BCUT2D eigenvalue weighted by Gasteiger charge is 2.40. The van der Waals surface area contributed by atoms with E-state index in [9.17, 15) is 0 Å². The molecule has 1 N–H and O–H groups in total. The fraction of sp³-hybridized carbons (Fsp3) is 0.444. The second-order valence-electron chi connectivity index (χ2n) is 6.09. The minimum Gasteiger partial charge on any atom is -0.382 e. The van der Waals surface area contributed by atoms with Crippen LogP contribution in [0.2, 0.25) is 0 Å². The van der Waals surface area contributed by atoms with Crippen LogP contribution in [0.3, 0.4) is 0 Å². The fourth-order valence-electron chi connectivity index (χ4n) is 3.50. The molecule has 0 atom stereocenters. The third-order valence-electron chi connectivity index (χ3n) is 4.68. The average Bonchev–Trinajstić information content (AvgIpc) is 2.98. The second-order valence-corrected chi connectivity index (χ2v) is 6.09. The van der Waals surface area contributed by atoms with E-state index in [1.807, 2.05) is 0 Å². The predicted octanol–water partition coefficient (Wildman–Crippen LogP) is 3.94. The molecule has 2 aromatic carbocycles. The Bertz CT molecular complexity index is 624. The van der Waals surface area contributed by atoms with Crippen molar-refractivity contribution < 1.29 is 9.47 Å². The van der Waals surface area contributed by atoms with Gasteiger partial charge in [-0.2, -0.15) is 0 Å². The molecule has 3 heteroatoms. The Labute approximate surface area is 125 Å². The van der Waals surface area contributed by atoms with E-state index in [2.05, 4.69) is 47.8 Å². The molecular formula is C18H21NO2. The van der Waals surface area contributed by atoms with Gasteiger partial charge in [-0.3, -0.25) is 0 Å². The van der Waals surface area contributed by atoms with Gasteiger partial charge in [0.1, 0.15) is 0 Å². The lowest BCUT2D eigenvalue weighted by molar-refractivity contribution is -0.177. The molecule has 21 heavy (non-hydrogen) atoms. The number of rotatable bonds is 2. The maximum absolute atomic E-state index is 5.79. The van der Waals surface area contributed by atoms with Crippen LogP contribution in [0.1, 0.15) is 25.7 Å². The lowest BCUT2D eigenvalue weighted by Crippen LogP contribution is -2.39. The molecule has 2 aromatic rings. The maximum atomic E-state index is 5.79. The topological polar surface area (TPSA) is 30.5 Å². The van der Waals surface area contributed by atoms with Crippen LogP contribution in [-0.4, -0.2) is 25.0 Å². The molecule has 0 aromatic heterocycles. The number of nitrogens with one attached hydrogen (secondary N) is 1. The summed E-state index contributed by atoms with van der Waals surface area (Å²) in [5.41, 5.74) is 1.21. The molecule has 1 saturated carbocycles. The first-order chi connectivity index (χ1) is 10.3. The van der Waals surface area contributed by atoms with Gasteiger partial charge in [0.25, 0.3) is 0 Å². The number of fused-ring (bicyclic) bond motifs is 1. The van der Waals surface area contributed by atoms with Crippen LogP contribution >= 0.6 is 0 Å². The number of ether oxygens (including phenoxy) is 2. The minimum atomic E-state index is -0.262. The van der Waals surface area contributed by atoms with Crippen LogP contribution in [0.5, 0.6) is 0 Å². The van der Waals surface area contributed by atoms with E-state index in [0.29, 0.717) is 6.04 Å². The van der Waals surface area contributed by atoms with Gasteiger partial charge in [-0.1, -0.05) is 30.3 Å². The van der Waals surface area contributed by atoms with Gasteiger partial charge >= 0.3 is 0 Å². The highest BCUT2D eigenvalue weighted by atomic mass is 16.7. The Hall–Kier alpha value is -1.58. The van der Waals surface area contributed by atoms with Gasteiger partial charge in [0, 0.05) is 24.6 Å². The molecule has 4 rings (SSSR count). The number of benzene rings is 2. The fourth-order valence-corrected chi connectivity index (χ4v) is 3.50. The zero-order valence-electron chi connectivity index (χ0n) is 12.2. The van der Waals surface area contributed by atoms with Crippen LogP contribution in [0.25, 0.3) is 10.8 Å². The summed E-state index contributed by atoms with van der Waals surface area (Å²) >= 11 is 0. The number of hydrogen-bond acceptors (Lipinski definition) is 3. The normalized spacial score (nSPS) is 21.9. The highest BCUT2D eigenvalue weighted by Crippen LogP contribution is 2.36.